The number of hydrogen-bond acceptors (Lipinski definition) is 4. The number of rotatable bonds is 8. The second kappa shape index (κ2) is 16.8. The predicted molar refractivity (Wildman–Crippen MR) is 113 cm³/mol. The molecule has 0 radical (unpaired) electrons. The number of carbonyl (C=O) groups excluding carboxylic acids is 1. The molecule has 3 N–H and O–H groups in total. The SMILES string of the molecule is O=C(Nc1ccccc1)OC(CC#CC#CCCCO)CC#CC#CCCCO. The molecule has 0 aliphatic heterocycles. The van der Waals surface area contributed by atoms with Gasteiger partial charge in [0.2, 0.25) is 0 Å². The Hall–Kier alpha value is -3.35. The van der Waals surface area contributed by atoms with E-state index in [-0.39, 0.29) is 13.2 Å². The Morgan fingerprint density at radius 3 is 1.90 bits per heavy atom. The van der Waals surface area contributed by atoms with Crippen molar-refractivity contribution in [1.29, 1.82) is 0 Å². The van der Waals surface area contributed by atoms with E-state index in [1.54, 1.807) is 12.1 Å². The first-order valence-corrected chi connectivity index (χ1v) is 9.42. The molecule has 1 amide bonds. The molecule has 0 atom stereocenters. The van der Waals surface area contributed by atoms with Crippen molar-refractivity contribution in [3.63, 3.8) is 0 Å². The molecule has 0 aliphatic carbocycles. The van der Waals surface area contributed by atoms with E-state index < -0.39 is 12.2 Å². The Kier molecular flexibility index (Phi) is 13.7. The minimum absolute atomic E-state index is 0.107. The van der Waals surface area contributed by atoms with Gasteiger partial charge < -0.3 is 14.9 Å². The molecule has 29 heavy (non-hydrogen) atoms. The van der Waals surface area contributed by atoms with Crippen LogP contribution in [0, 0.1) is 47.4 Å². The number of unbranched alkanes of at least 4 members (excludes halogenated alkanes) is 2. The number of hydrogen-bond donors (Lipinski definition) is 3. The summed E-state index contributed by atoms with van der Waals surface area (Å²) in [4.78, 5) is 12.1. The molecule has 0 aromatic heterocycles. The second-order valence-corrected chi connectivity index (χ2v) is 5.79. The lowest BCUT2D eigenvalue weighted by atomic mass is 10.2. The van der Waals surface area contributed by atoms with Crippen molar-refractivity contribution in [3.8, 4) is 47.4 Å². The third-order valence-electron chi connectivity index (χ3n) is 3.35. The molecule has 0 spiro atoms. The quantitative estimate of drug-likeness (QED) is 0.470. The lowest BCUT2D eigenvalue weighted by molar-refractivity contribution is 0.116. The van der Waals surface area contributed by atoms with Crippen molar-refractivity contribution in [2.24, 2.45) is 0 Å². The first-order valence-electron chi connectivity index (χ1n) is 9.42. The third-order valence-corrected chi connectivity index (χ3v) is 3.35. The minimum atomic E-state index is -0.576. The Bertz CT molecular complexity index is 802. The molecule has 5 heteroatoms. The van der Waals surface area contributed by atoms with Crippen molar-refractivity contribution in [2.45, 2.75) is 44.6 Å². The molecular weight excluding hydrogens is 366 g/mol. The molecule has 0 unspecified atom stereocenters. The Balaban J connectivity index is 2.62. The van der Waals surface area contributed by atoms with Gasteiger partial charge in [-0.15, -0.1) is 0 Å². The van der Waals surface area contributed by atoms with Crippen LogP contribution in [-0.4, -0.2) is 35.6 Å². The first kappa shape index (κ1) is 23.7. The van der Waals surface area contributed by atoms with Gasteiger partial charge in [-0.2, -0.15) is 0 Å². The fourth-order valence-electron chi connectivity index (χ4n) is 1.94. The van der Waals surface area contributed by atoms with Crippen LogP contribution in [0.25, 0.3) is 0 Å². The van der Waals surface area contributed by atoms with Crippen LogP contribution >= 0.6 is 0 Å². The van der Waals surface area contributed by atoms with Crippen molar-refractivity contribution >= 4 is 11.8 Å². The molecule has 1 aromatic carbocycles. The van der Waals surface area contributed by atoms with Crippen LogP contribution < -0.4 is 5.32 Å². The zero-order valence-corrected chi connectivity index (χ0v) is 16.3. The smallest absolute Gasteiger partial charge is 0.411 e. The average Bonchev–Trinajstić information content (AvgIpc) is 2.72. The van der Waals surface area contributed by atoms with Crippen molar-refractivity contribution in [1.82, 2.24) is 0 Å². The lowest BCUT2D eigenvalue weighted by Crippen LogP contribution is -2.22. The summed E-state index contributed by atoms with van der Waals surface area (Å²) in [7, 11) is 0. The molecule has 5 nitrogen and oxygen atoms in total. The maximum Gasteiger partial charge on any atom is 0.411 e. The van der Waals surface area contributed by atoms with Gasteiger partial charge in [0.25, 0.3) is 0 Å². The summed E-state index contributed by atoms with van der Waals surface area (Å²) >= 11 is 0. The van der Waals surface area contributed by atoms with E-state index in [1.165, 1.54) is 0 Å². The number of carbonyl (C=O) groups is 1. The Morgan fingerprint density at radius 2 is 1.38 bits per heavy atom. The van der Waals surface area contributed by atoms with E-state index in [9.17, 15) is 4.79 Å². The van der Waals surface area contributed by atoms with Gasteiger partial charge in [0.05, 0.1) is 0 Å². The summed E-state index contributed by atoms with van der Waals surface area (Å²) in [6, 6.07) is 9.01. The molecule has 1 rings (SSSR count). The number of para-hydroxylation sites is 1. The van der Waals surface area contributed by atoms with Gasteiger partial charge in [-0.05, 0) is 48.7 Å². The maximum atomic E-state index is 12.1. The monoisotopic (exact) mass is 391 g/mol. The van der Waals surface area contributed by atoms with E-state index in [1.807, 2.05) is 18.2 Å². The van der Waals surface area contributed by atoms with E-state index in [2.05, 4.69) is 52.7 Å². The topological polar surface area (TPSA) is 78.8 Å². The van der Waals surface area contributed by atoms with Crippen molar-refractivity contribution in [3.05, 3.63) is 30.3 Å². The third kappa shape index (κ3) is 13.5. The molecular formula is C24H25NO4. The zero-order valence-electron chi connectivity index (χ0n) is 16.3. The molecule has 150 valence electrons. The van der Waals surface area contributed by atoms with Gasteiger partial charge in [0.1, 0.15) is 6.10 Å². The normalized spacial score (nSPS) is 8.79. The minimum Gasteiger partial charge on any atom is -0.444 e. The highest BCUT2D eigenvalue weighted by molar-refractivity contribution is 5.84. The van der Waals surface area contributed by atoms with E-state index >= 15 is 0 Å². The number of amides is 1. The number of benzene rings is 1. The molecule has 0 saturated heterocycles. The Labute approximate surface area is 172 Å². The Morgan fingerprint density at radius 1 is 0.862 bits per heavy atom. The largest absolute Gasteiger partial charge is 0.444 e. The number of nitrogens with one attached hydrogen (secondary N) is 1. The highest BCUT2D eigenvalue weighted by Gasteiger charge is 2.12. The van der Waals surface area contributed by atoms with Crippen LogP contribution in [0.15, 0.2) is 30.3 Å². The fourth-order valence-corrected chi connectivity index (χ4v) is 1.94. The molecule has 1 aromatic rings. The van der Waals surface area contributed by atoms with Gasteiger partial charge in [0, 0.05) is 44.6 Å². The summed E-state index contributed by atoms with van der Waals surface area (Å²) in [5, 5.41) is 20.1. The zero-order chi connectivity index (χ0) is 21.0. The van der Waals surface area contributed by atoms with Crippen LogP contribution in [-0.2, 0) is 4.74 Å². The van der Waals surface area contributed by atoms with Crippen LogP contribution in [0.5, 0.6) is 0 Å². The van der Waals surface area contributed by atoms with Crippen molar-refractivity contribution < 1.29 is 19.7 Å². The number of aliphatic hydroxyl groups is 2. The number of ether oxygens (including phenoxy) is 1. The van der Waals surface area contributed by atoms with Crippen LogP contribution in [0.3, 0.4) is 0 Å². The molecule has 0 fully saturated rings. The maximum absolute atomic E-state index is 12.1. The summed E-state index contributed by atoms with van der Waals surface area (Å²) in [5.74, 6) is 22.3. The molecule has 0 aliphatic rings. The van der Waals surface area contributed by atoms with Crippen molar-refractivity contribution in [2.75, 3.05) is 18.5 Å². The lowest BCUT2D eigenvalue weighted by Gasteiger charge is -2.13. The van der Waals surface area contributed by atoms with Crippen LogP contribution in [0.1, 0.15) is 38.5 Å². The highest BCUT2D eigenvalue weighted by atomic mass is 16.6. The molecule has 0 bridgehead atoms. The van der Waals surface area contributed by atoms with E-state index in [0.29, 0.717) is 44.2 Å². The fraction of sp³-hybridized carbons (Fsp3) is 0.375. The molecule has 0 saturated carbocycles. The van der Waals surface area contributed by atoms with Gasteiger partial charge in [-0.25, -0.2) is 4.79 Å². The van der Waals surface area contributed by atoms with Crippen LogP contribution in [0.2, 0.25) is 0 Å². The van der Waals surface area contributed by atoms with Gasteiger partial charge in [-0.3, -0.25) is 5.32 Å². The number of aliphatic hydroxyl groups excluding tert-OH is 2. The van der Waals surface area contributed by atoms with Gasteiger partial charge in [-0.1, -0.05) is 41.9 Å². The summed E-state index contributed by atoms with van der Waals surface area (Å²) in [5.41, 5.74) is 0.637. The van der Waals surface area contributed by atoms with E-state index in [4.69, 9.17) is 14.9 Å². The predicted octanol–water partition coefficient (Wildman–Crippen LogP) is 2.94. The van der Waals surface area contributed by atoms with Crippen LogP contribution in [0.4, 0.5) is 10.5 Å². The number of anilines is 1. The first-order chi connectivity index (χ1) is 14.3. The highest BCUT2D eigenvalue weighted by Crippen LogP contribution is 2.09. The molecule has 0 heterocycles. The average molecular weight is 391 g/mol. The standard InChI is InChI=1S/C24H25NO4/c26-20-14-7-3-1-5-12-18-23(19-13-6-2-4-8-15-21-27)29-24(28)25-22-16-10-9-11-17-22/h9-11,16-17,23,26-27H,7-8,14-15,18-21H2,(H,25,28). The van der Waals surface area contributed by atoms with Gasteiger partial charge >= 0.3 is 6.09 Å². The summed E-state index contributed by atoms with van der Waals surface area (Å²) in [6.07, 6.45) is 1.91. The van der Waals surface area contributed by atoms with E-state index in [0.717, 1.165) is 0 Å². The van der Waals surface area contributed by atoms with Gasteiger partial charge in [0.15, 0.2) is 0 Å². The second-order valence-electron chi connectivity index (χ2n) is 5.79. The summed E-state index contributed by atoms with van der Waals surface area (Å²) in [6.45, 7) is 0.215. The summed E-state index contributed by atoms with van der Waals surface area (Å²) < 4.78 is 5.43.